The van der Waals surface area contributed by atoms with E-state index in [-0.39, 0.29) is 0 Å². The number of aromatic amines is 1. The number of benzene rings is 1. The average molecular weight is 160 g/mol. The molecule has 2 aromatic rings. The lowest BCUT2D eigenvalue weighted by Crippen LogP contribution is -1.72. The number of rotatable bonds is 1. The molecule has 1 heterocycles. The molecule has 0 spiro atoms. The summed E-state index contributed by atoms with van der Waals surface area (Å²) in [7, 11) is 0. The second-order valence-electron chi connectivity index (χ2n) is 2.43. The Kier molecular flexibility index (Phi) is 1.51. The van der Waals surface area contributed by atoms with Crippen molar-refractivity contribution >= 4 is 16.6 Å². The summed E-state index contributed by atoms with van der Waals surface area (Å²) < 4.78 is 0. The van der Waals surface area contributed by atoms with Crippen molar-refractivity contribution in [1.82, 2.24) is 4.98 Å². The van der Waals surface area contributed by atoms with Crippen LogP contribution in [0.25, 0.3) is 10.9 Å². The minimum atomic E-state index is 0.771. The smallest absolute Gasteiger partial charge is 0.113 e. The van der Waals surface area contributed by atoms with Crippen molar-refractivity contribution in [2.45, 2.75) is 0 Å². The molecule has 4 nitrogen and oxygen atoms in total. The molecule has 0 saturated carbocycles. The number of fused-ring (bicyclic) bond motifs is 1. The molecule has 0 bridgehead atoms. The maximum absolute atomic E-state index is 4.96. The van der Waals surface area contributed by atoms with Gasteiger partial charge in [0, 0.05) is 17.1 Å². The molecule has 1 aromatic heterocycles. The lowest BCUT2D eigenvalue weighted by Gasteiger charge is -1.87. The van der Waals surface area contributed by atoms with Crippen molar-refractivity contribution in [2.75, 3.05) is 0 Å². The summed E-state index contributed by atoms with van der Waals surface area (Å²) in [5, 5.41) is 8.03. The van der Waals surface area contributed by atoms with E-state index in [2.05, 4.69) is 15.3 Å². The number of para-hydroxylation sites is 1. The Morgan fingerprint density at radius 3 is 2.92 bits per heavy atom. The fourth-order valence-electron chi connectivity index (χ4n) is 1.20. The SMILES string of the molecule is NN=Nc1c[nH]c2ccccc12. The van der Waals surface area contributed by atoms with E-state index in [0.717, 1.165) is 16.6 Å². The van der Waals surface area contributed by atoms with Gasteiger partial charge in [-0.1, -0.05) is 23.4 Å². The van der Waals surface area contributed by atoms with E-state index in [4.69, 9.17) is 5.84 Å². The number of nitrogens with one attached hydrogen (secondary N) is 1. The third-order valence-electron chi connectivity index (χ3n) is 1.73. The van der Waals surface area contributed by atoms with Crippen molar-refractivity contribution in [3.8, 4) is 0 Å². The van der Waals surface area contributed by atoms with Crippen LogP contribution >= 0.6 is 0 Å². The van der Waals surface area contributed by atoms with Gasteiger partial charge in [0.15, 0.2) is 0 Å². The van der Waals surface area contributed by atoms with Crippen LogP contribution < -0.4 is 5.84 Å². The van der Waals surface area contributed by atoms with E-state index in [0.29, 0.717) is 0 Å². The molecule has 0 radical (unpaired) electrons. The number of H-pyrrole nitrogens is 1. The maximum Gasteiger partial charge on any atom is 0.113 e. The lowest BCUT2D eigenvalue weighted by atomic mass is 10.2. The molecule has 3 N–H and O–H groups in total. The molecule has 0 unspecified atom stereocenters. The molecular formula is C8H8N4. The molecule has 0 amide bonds. The monoisotopic (exact) mass is 160 g/mol. The second kappa shape index (κ2) is 2.65. The van der Waals surface area contributed by atoms with Gasteiger partial charge in [0.05, 0.1) is 0 Å². The molecule has 0 aliphatic heterocycles. The van der Waals surface area contributed by atoms with Gasteiger partial charge in [-0.25, -0.2) is 0 Å². The zero-order valence-electron chi connectivity index (χ0n) is 6.36. The van der Waals surface area contributed by atoms with Crippen LogP contribution in [0.2, 0.25) is 0 Å². The largest absolute Gasteiger partial charge is 0.359 e. The van der Waals surface area contributed by atoms with Crippen molar-refractivity contribution in [3.05, 3.63) is 30.5 Å². The topological polar surface area (TPSA) is 66.5 Å². The minimum absolute atomic E-state index is 0.771. The zero-order valence-corrected chi connectivity index (χ0v) is 6.36. The first-order valence-corrected chi connectivity index (χ1v) is 3.59. The first kappa shape index (κ1) is 6.84. The first-order chi connectivity index (χ1) is 5.92. The summed E-state index contributed by atoms with van der Waals surface area (Å²) in [6, 6.07) is 7.86. The molecule has 0 saturated heterocycles. The summed E-state index contributed by atoms with van der Waals surface area (Å²) >= 11 is 0. The lowest BCUT2D eigenvalue weighted by molar-refractivity contribution is 1.06. The highest BCUT2D eigenvalue weighted by molar-refractivity contribution is 5.90. The Bertz CT molecular complexity index is 416. The Morgan fingerprint density at radius 1 is 1.25 bits per heavy atom. The highest BCUT2D eigenvalue weighted by Crippen LogP contribution is 2.24. The van der Waals surface area contributed by atoms with Gasteiger partial charge in [-0.2, -0.15) is 0 Å². The van der Waals surface area contributed by atoms with Crippen molar-refractivity contribution in [3.63, 3.8) is 0 Å². The van der Waals surface area contributed by atoms with E-state index >= 15 is 0 Å². The Morgan fingerprint density at radius 2 is 2.08 bits per heavy atom. The van der Waals surface area contributed by atoms with E-state index in [1.54, 1.807) is 6.20 Å². The van der Waals surface area contributed by atoms with Crippen LogP contribution in [0.5, 0.6) is 0 Å². The second-order valence-corrected chi connectivity index (χ2v) is 2.43. The number of hydrogen-bond donors (Lipinski definition) is 2. The van der Waals surface area contributed by atoms with Gasteiger partial charge in [-0.15, -0.1) is 5.11 Å². The first-order valence-electron chi connectivity index (χ1n) is 3.59. The van der Waals surface area contributed by atoms with Crippen LogP contribution in [-0.4, -0.2) is 4.98 Å². The molecule has 12 heavy (non-hydrogen) atoms. The minimum Gasteiger partial charge on any atom is -0.359 e. The van der Waals surface area contributed by atoms with Crippen molar-refractivity contribution in [2.24, 2.45) is 16.2 Å². The number of nitrogens with two attached hydrogens (primary N) is 1. The number of hydrogen-bond acceptors (Lipinski definition) is 2. The van der Waals surface area contributed by atoms with Gasteiger partial charge in [-0.05, 0) is 6.07 Å². The highest BCUT2D eigenvalue weighted by Gasteiger charge is 1.99. The van der Waals surface area contributed by atoms with Crippen LogP contribution in [0.3, 0.4) is 0 Å². The van der Waals surface area contributed by atoms with Crippen molar-refractivity contribution in [1.29, 1.82) is 0 Å². The van der Waals surface area contributed by atoms with Gasteiger partial charge in [0.25, 0.3) is 0 Å². The van der Waals surface area contributed by atoms with Crippen LogP contribution in [0.15, 0.2) is 40.8 Å². The molecular weight excluding hydrogens is 152 g/mol. The molecule has 0 fully saturated rings. The number of nitrogens with zero attached hydrogens (tertiary/aromatic N) is 2. The maximum atomic E-state index is 4.96. The third kappa shape index (κ3) is 0.934. The fraction of sp³-hybridized carbons (Fsp3) is 0. The quantitative estimate of drug-likeness (QED) is 0.374. The van der Waals surface area contributed by atoms with E-state index in [1.165, 1.54) is 0 Å². The van der Waals surface area contributed by atoms with Gasteiger partial charge >= 0.3 is 0 Å². The molecule has 2 rings (SSSR count). The molecule has 60 valence electrons. The van der Waals surface area contributed by atoms with Gasteiger partial charge in [0.2, 0.25) is 0 Å². The average Bonchev–Trinajstić information content (AvgIpc) is 2.50. The van der Waals surface area contributed by atoms with Gasteiger partial charge in [-0.3, -0.25) is 0 Å². The predicted octanol–water partition coefficient (Wildman–Crippen LogP) is 2.13. The summed E-state index contributed by atoms with van der Waals surface area (Å²) in [5.41, 5.74) is 1.81. The predicted molar refractivity (Wildman–Crippen MR) is 47.0 cm³/mol. The third-order valence-corrected chi connectivity index (χ3v) is 1.73. The number of aromatic nitrogens is 1. The van der Waals surface area contributed by atoms with E-state index in [9.17, 15) is 0 Å². The molecule has 0 aliphatic rings. The Balaban J connectivity index is 2.70. The summed E-state index contributed by atoms with van der Waals surface area (Å²) in [4.78, 5) is 3.06. The summed E-state index contributed by atoms with van der Waals surface area (Å²) in [5.74, 6) is 4.96. The Labute approximate surface area is 69.1 Å². The molecule has 1 aromatic carbocycles. The normalized spacial score (nSPS) is 11.3. The highest BCUT2D eigenvalue weighted by atomic mass is 15.3. The van der Waals surface area contributed by atoms with Crippen LogP contribution in [0.1, 0.15) is 0 Å². The fourth-order valence-corrected chi connectivity index (χ4v) is 1.20. The zero-order chi connectivity index (χ0) is 8.39. The summed E-state index contributed by atoms with van der Waals surface area (Å²) in [6.07, 6.45) is 1.78. The van der Waals surface area contributed by atoms with E-state index in [1.807, 2.05) is 24.3 Å². The van der Waals surface area contributed by atoms with Crippen LogP contribution in [0, 0.1) is 0 Å². The van der Waals surface area contributed by atoms with Crippen LogP contribution in [0.4, 0.5) is 5.69 Å². The molecule has 0 atom stereocenters. The molecule has 0 aliphatic carbocycles. The van der Waals surface area contributed by atoms with Gasteiger partial charge in [0.1, 0.15) is 5.69 Å². The van der Waals surface area contributed by atoms with E-state index < -0.39 is 0 Å². The Hall–Kier alpha value is -1.84. The van der Waals surface area contributed by atoms with Gasteiger partial charge < -0.3 is 10.8 Å². The molecule has 4 heteroatoms. The summed E-state index contributed by atoms with van der Waals surface area (Å²) in [6.45, 7) is 0. The van der Waals surface area contributed by atoms with Crippen molar-refractivity contribution < 1.29 is 0 Å². The standard InChI is InChI=1S/C8H8N4/c9-12-11-8-5-10-7-4-2-1-3-6(7)8/h1-5,10H,(H2,9,11). The van der Waals surface area contributed by atoms with Crippen LogP contribution in [-0.2, 0) is 0 Å².